The number of H-pyrrole nitrogens is 1. The van der Waals surface area contributed by atoms with Crippen molar-refractivity contribution in [2.75, 3.05) is 19.0 Å². The zero-order valence-corrected chi connectivity index (χ0v) is 15.5. The largest absolute Gasteiger partial charge is 0.497 e. The summed E-state index contributed by atoms with van der Waals surface area (Å²) in [5.41, 5.74) is 0.736. The van der Waals surface area contributed by atoms with Gasteiger partial charge in [0, 0.05) is 17.9 Å². The molecule has 0 amide bonds. The SMILES string of the molecule is COc1ccc(CSc2nc(NC(C)CO)c3ncc(=O)[nH]c3n2)c(F)c1. The van der Waals surface area contributed by atoms with E-state index in [2.05, 4.69) is 25.3 Å². The molecule has 0 aliphatic heterocycles. The number of anilines is 1. The van der Waals surface area contributed by atoms with Gasteiger partial charge in [-0.3, -0.25) is 4.79 Å². The molecule has 0 bridgehead atoms. The van der Waals surface area contributed by atoms with Crippen molar-refractivity contribution in [1.82, 2.24) is 19.9 Å². The summed E-state index contributed by atoms with van der Waals surface area (Å²) in [6.07, 6.45) is 1.14. The molecule has 3 rings (SSSR count). The lowest BCUT2D eigenvalue weighted by atomic mass is 10.2. The average Bonchev–Trinajstić information content (AvgIpc) is 2.66. The second-order valence-corrected chi connectivity index (χ2v) is 6.72. The molecule has 0 aliphatic carbocycles. The molecule has 142 valence electrons. The summed E-state index contributed by atoms with van der Waals surface area (Å²) in [5, 5.41) is 12.6. The van der Waals surface area contributed by atoms with Gasteiger partial charge in [-0.1, -0.05) is 17.8 Å². The van der Waals surface area contributed by atoms with Crippen molar-refractivity contribution in [3.8, 4) is 5.75 Å². The van der Waals surface area contributed by atoms with Crippen molar-refractivity contribution in [1.29, 1.82) is 0 Å². The zero-order valence-electron chi connectivity index (χ0n) is 14.7. The number of ether oxygens (including phenoxy) is 1. The van der Waals surface area contributed by atoms with Crippen molar-refractivity contribution in [3.63, 3.8) is 0 Å². The summed E-state index contributed by atoms with van der Waals surface area (Å²) in [6.45, 7) is 1.67. The number of hydrogen-bond acceptors (Lipinski definition) is 8. The fourth-order valence-electron chi connectivity index (χ4n) is 2.27. The number of fused-ring (bicyclic) bond motifs is 1. The van der Waals surface area contributed by atoms with Crippen LogP contribution in [0.15, 0.2) is 34.3 Å². The normalized spacial score (nSPS) is 12.1. The van der Waals surface area contributed by atoms with Crippen molar-refractivity contribution in [2.45, 2.75) is 23.9 Å². The van der Waals surface area contributed by atoms with E-state index in [0.717, 1.165) is 6.20 Å². The van der Waals surface area contributed by atoms with E-state index in [0.29, 0.717) is 33.6 Å². The molecule has 0 radical (unpaired) electrons. The summed E-state index contributed by atoms with van der Waals surface area (Å²) in [4.78, 5) is 26.9. The van der Waals surface area contributed by atoms with Crippen LogP contribution in [0.4, 0.5) is 10.2 Å². The van der Waals surface area contributed by atoms with Crippen molar-refractivity contribution >= 4 is 28.7 Å². The molecular formula is C17H18FN5O3S. The average molecular weight is 391 g/mol. The Balaban J connectivity index is 1.90. The number of thioether (sulfide) groups is 1. The van der Waals surface area contributed by atoms with Crippen LogP contribution in [0.3, 0.4) is 0 Å². The van der Waals surface area contributed by atoms with Crippen LogP contribution >= 0.6 is 11.8 Å². The molecule has 10 heteroatoms. The number of aromatic amines is 1. The van der Waals surface area contributed by atoms with E-state index in [-0.39, 0.29) is 29.7 Å². The first kappa shape index (κ1) is 19.1. The molecule has 8 nitrogen and oxygen atoms in total. The number of rotatable bonds is 7. The van der Waals surface area contributed by atoms with E-state index in [9.17, 15) is 14.3 Å². The predicted octanol–water partition coefficient (Wildman–Crippen LogP) is 1.95. The van der Waals surface area contributed by atoms with Gasteiger partial charge in [-0.2, -0.15) is 0 Å². The summed E-state index contributed by atoms with van der Waals surface area (Å²) in [7, 11) is 1.48. The van der Waals surface area contributed by atoms with E-state index < -0.39 is 0 Å². The Morgan fingerprint density at radius 3 is 2.93 bits per heavy atom. The first-order valence-corrected chi connectivity index (χ1v) is 9.08. The quantitative estimate of drug-likeness (QED) is 0.414. The molecule has 1 aromatic carbocycles. The molecule has 27 heavy (non-hydrogen) atoms. The maximum Gasteiger partial charge on any atom is 0.268 e. The van der Waals surface area contributed by atoms with Crippen molar-refractivity contribution in [2.24, 2.45) is 0 Å². The van der Waals surface area contributed by atoms with Crippen LogP contribution in [-0.4, -0.2) is 44.8 Å². The molecule has 0 fully saturated rings. The Hall–Kier alpha value is -2.72. The van der Waals surface area contributed by atoms with E-state index >= 15 is 0 Å². The van der Waals surface area contributed by atoms with Gasteiger partial charge in [0.25, 0.3) is 5.56 Å². The highest BCUT2D eigenvalue weighted by atomic mass is 32.2. The Morgan fingerprint density at radius 2 is 2.22 bits per heavy atom. The molecule has 3 aromatic rings. The topological polar surface area (TPSA) is 113 Å². The Labute approximate surface area is 158 Å². The molecule has 0 spiro atoms. The number of benzene rings is 1. The Morgan fingerprint density at radius 1 is 1.41 bits per heavy atom. The summed E-state index contributed by atoms with van der Waals surface area (Å²) < 4.78 is 19.1. The minimum Gasteiger partial charge on any atom is -0.497 e. The number of aliphatic hydroxyl groups excluding tert-OH is 1. The monoisotopic (exact) mass is 391 g/mol. The van der Waals surface area contributed by atoms with E-state index in [1.807, 2.05) is 0 Å². The third-order valence-corrected chi connectivity index (χ3v) is 4.59. The highest BCUT2D eigenvalue weighted by molar-refractivity contribution is 7.98. The Bertz CT molecular complexity index is 1010. The third kappa shape index (κ3) is 4.52. The third-order valence-electron chi connectivity index (χ3n) is 3.69. The molecule has 1 unspecified atom stereocenters. The van der Waals surface area contributed by atoms with Gasteiger partial charge in [0.1, 0.15) is 17.1 Å². The maximum atomic E-state index is 14.1. The van der Waals surface area contributed by atoms with Crippen LogP contribution < -0.4 is 15.6 Å². The first-order chi connectivity index (χ1) is 13.0. The standard InChI is InChI=1S/C17H18FN5O3S/c1-9(7-24)20-15-14-16(21-13(25)6-19-14)23-17(22-15)27-8-10-3-4-11(26-2)5-12(10)18/h3-6,9,24H,7-8H2,1-2H3,(H2,20,21,22,23,25). The first-order valence-electron chi connectivity index (χ1n) is 8.10. The predicted molar refractivity (Wildman–Crippen MR) is 101 cm³/mol. The van der Waals surface area contributed by atoms with E-state index in [1.165, 1.54) is 24.9 Å². The second-order valence-electron chi connectivity index (χ2n) is 5.77. The molecule has 1 atom stereocenters. The van der Waals surface area contributed by atoms with Gasteiger partial charge in [-0.05, 0) is 18.6 Å². The van der Waals surface area contributed by atoms with Gasteiger partial charge >= 0.3 is 0 Å². The number of nitrogens with zero attached hydrogens (tertiary/aromatic N) is 3. The molecule has 0 saturated carbocycles. The van der Waals surface area contributed by atoms with Gasteiger partial charge < -0.3 is 20.1 Å². The smallest absolute Gasteiger partial charge is 0.268 e. The van der Waals surface area contributed by atoms with Crippen molar-refractivity contribution in [3.05, 3.63) is 46.1 Å². The number of aliphatic hydroxyl groups is 1. The van der Waals surface area contributed by atoms with Crippen LogP contribution in [-0.2, 0) is 5.75 Å². The fraction of sp³-hybridized carbons (Fsp3) is 0.294. The van der Waals surface area contributed by atoms with Gasteiger partial charge in [-0.15, -0.1) is 0 Å². The van der Waals surface area contributed by atoms with Gasteiger partial charge in [0.15, 0.2) is 16.6 Å². The number of aromatic nitrogens is 4. The van der Waals surface area contributed by atoms with Crippen LogP contribution in [0.25, 0.3) is 11.2 Å². The summed E-state index contributed by atoms with van der Waals surface area (Å²) in [5.74, 6) is 0.734. The summed E-state index contributed by atoms with van der Waals surface area (Å²) >= 11 is 1.22. The molecule has 3 N–H and O–H groups in total. The van der Waals surface area contributed by atoms with Gasteiger partial charge in [0.2, 0.25) is 0 Å². The van der Waals surface area contributed by atoms with Crippen LogP contribution in [0.1, 0.15) is 12.5 Å². The number of hydrogen-bond donors (Lipinski definition) is 3. The van der Waals surface area contributed by atoms with Crippen molar-refractivity contribution < 1.29 is 14.2 Å². The molecule has 0 saturated heterocycles. The summed E-state index contributed by atoms with van der Waals surface area (Å²) in [6, 6.07) is 4.36. The minimum absolute atomic E-state index is 0.103. The minimum atomic E-state index is -0.389. The molecular weight excluding hydrogens is 373 g/mol. The number of halogens is 1. The Kier molecular flexibility index (Phi) is 5.87. The van der Waals surface area contributed by atoms with Crippen LogP contribution in [0.5, 0.6) is 5.75 Å². The molecule has 2 aromatic heterocycles. The molecule has 2 heterocycles. The van der Waals surface area contributed by atoms with Gasteiger partial charge in [0.05, 0.1) is 19.9 Å². The second kappa shape index (κ2) is 8.31. The van der Waals surface area contributed by atoms with Crippen LogP contribution in [0.2, 0.25) is 0 Å². The maximum absolute atomic E-state index is 14.1. The lowest BCUT2D eigenvalue weighted by Crippen LogP contribution is -2.21. The highest BCUT2D eigenvalue weighted by Crippen LogP contribution is 2.26. The number of nitrogens with one attached hydrogen (secondary N) is 2. The lowest BCUT2D eigenvalue weighted by Gasteiger charge is -2.13. The van der Waals surface area contributed by atoms with E-state index in [1.54, 1.807) is 19.1 Å². The fourth-order valence-corrected chi connectivity index (χ4v) is 3.10. The number of methoxy groups -OCH3 is 1. The lowest BCUT2D eigenvalue weighted by molar-refractivity contribution is 0.281. The highest BCUT2D eigenvalue weighted by Gasteiger charge is 2.13. The zero-order chi connectivity index (χ0) is 19.4. The van der Waals surface area contributed by atoms with Crippen LogP contribution in [0, 0.1) is 5.82 Å². The molecule has 0 aliphatic rings. The van der Waals surface area contributed by atoms with E-state index in [4.69, 9.17) is 4.74 Å². The van der Waals surface area contributed by atoms with Gasteiger partial charge in [-0.25, -0.2) is 19.3 Å².